The maximum Gasteiger partial charge on any atom is 0.433 e. The molecule has 2 aliphatic heterocycles. The van der Waals surface area contributed by atoms with E-state index in [1.807, 2.05) is 30.3 Å². The number of aryl methyl sites for hydroxylation is 1. The van der Waals surface area contributed by atoms with Gasteiger partial charge in [0.15, 0.2) is 0 Å². The van der Waals surface area contributed by atoms with Gasteiger partial charge >= 0.3 is 12.3 Å². The van der Waals surface area contributed by atoms with Crippen molar-refractivity contribution in [2.75, 3.05) is 18.0 Å². The molecule has 1 amide bonds. The Morgan fingerprint density at radius 3 is 2.76 bits per heavy atom. The SMILES string of the molecule is Cc1c[nH]c2ncc(-c3cc4c(c(C5CCCN5C(=O)O)c3)CN(c3ccnc(C(F)(F)F)c3)CC4)cc12. The molecular formula is C28H26F3N5O2. The molecule has 1 saturated heterocycles. The maximum atomic E-state index is 13.3. The molecule has 6 rings (SSSR count). The van der Waals surface area contributed by atoms with E-state index in [1.165, 1.54) is 11.1 Å². The minimum absolute atomic E-state index is 0.310. The van der Waals surface area contributed by atoms with Gasteiger partial charge in [0, 0.05) is 54.9 Å². The highest BCUT2D eigenvalue weighted by atomic mass is 19.4. The Morgan fingerprint density at radius 2 is 1.97 bits per heavy atom. The third kappa shape index (κ3) is 4.23. The fourth-order valence-electron chi connectivity index (χ4n) is 5.76. The van der Waals surface area contributed by atoms with Crippen molar-refractivity contribution < 1.29 is 23.1 Å². The molecule has 2 aliphatic rings. The lowest BCUT2D eigenvalue weighted by Crippen LogP contribution is -2.34. The topological polar surface area (TPSA) is 85.3 Å². The highest BCUT2D eigenvalue weighted by Crippen LogP contribution is 2.41. The number of carboxylic acid groups (broad SMARTS) is 1. The quantitative estimate of drug-likeness (QED) is 0.329. The number of carbonyl (C=O) groups is 1. The number of aromatic nitrogens is 3. The number of amides is 1. The van der Waals surface area contributed by atoms with Crippen LogP contribution in [0.3, 0.4) is 0 Å². The van der Waals surface area contributed by atoms with Crippen LogP contribution in [0, 0.1) is 6.92 Å². The van der Waals surface area contributed by atoms with Gasteiger partial charge in [-0.25, -0.2) is 9.78 Å². The van der Waals surface area contributed by atoms with E-state index in [9.17, 15) is 23.1 Å². The van der Waals surface area contributed by atoms with Crippen molar-refractivity contribution in [3.63, 3.8) is 0 Å². The minimum atomic E-state index is -4.53. The summed E-state index contributed by atoms with van der Waals surface area (Å²) in [5.74, 6) is 0. The number of H-pyrrole nitrogens is 1. The number of alkyl halides is 3. The van der Waals surface area contributed by atoms with Gasteiger partial charge in [-0.1, -0.05) is 6.07 Å². The fraction of sp³-hybridized carbons (Fsp3) is 0.321. The monoisotopic (exact) mass is 521 g/mol. The third-order valence-electron chi connectivity index (χ3n) is 7.70. The first-order valence-corrected chi connectivity index (χ1v) is 12.6. The van der Waals surface area contributed by atoms with Gasteiger partial charge in [-0.15, -0.1) is 0 Å². The number of likely N-dealkylation sites (tertiary alicyclic amines) is 1. The van der Waals surface area contributed by atoms with Gasteiger partial charge in [0.25, 0.3) is 0 Å². The normalized spacial score (nSPS) is 17.7. The number of benzene rings is 1. The van der Waals surface area contributed by atoms with Crippen molar-refractivity contribution in [2.24, 2.45) is 0 Å². The predicted octanol–water partition coefficient (Wildman–Crippen LogP) is 6.33. The molecule has 1 atom stereocenters. The number of pyridine rings is 2. The van der Waals surface area contributed by atoms with Crippen LogP contribution in [0.1, 0.15) is 46.8 Å². The Labute approximate surface area is 216 Å². The summed E-state index contributed by atoms with van der Waals surface area (Å²) in [6, 6.07) is 8.62. The van der Waals surface area contributed by atoms with E-state index in [1.54, 1.807) is 6.07 Å². The molecule has 0 spiro atoms. The Kier molecular flexibility index (Phi) is 5.77. The van der Waals surface area contributed by atoms with Crippen LogP contribution in [0.2, 0.25) is 0 Å². The number of halogens is 3. The number of rotatable bonds is 3. The van der Waals surface area contributed by atoms with E-state index in [2.05, 4.69) is 27.1 Å². The second kappa shape index (κ2) is 9.04. The first-order valence-electron chi connectivity index (χ1n) is 12.6. The number of nitrogens with zero attached hydrogens (tertiary/aromatic N) is 4. The largest absolute Gasteiger partial charge is 0.465 e. The van der Waals surface area contributed by atoms with Crippen LogP contribution in [0.5, 0.6) is 0 Å². The lowest BCUT2D eigenvalue weighted by Gasteiger charge is -2.35. The van der Waals surface area contributed by atoms with E-state index in [-0.39, 0.29) is 6.04 Å². The molecule has 4 aromatic rings. The summed E-state index contributed by atoms with van der Waals surface area (Å²) in [7, 11) is 0. The number of hydrogen-bond donors (Lipinski definition) is 2. The summed E-state index contributed by atoms with van der Waals surface area (Å²) < 4.78 is 40.0. The summed E-state index contributed by atoms with van der Waals surface area (Å²) in [6.07, 6.45) is 1.51. The second-order valence-corrected chi connectivity index (χ2v) is 10.00. The molecule has 1 aromatic carbocycles. The number of anilines is 1. The zero-order valence-electron chi connectivity index (χ0n) is 20.7. The molecule has 0 bridgehead atoms. The third-order valence-corrected chi connectivity index (χ3v) is 7.70. The Morgan fingerprint density at radius 1 is 1.13 bits per heavy atom. The molecule has 196 valence electrons. The Bertz CT molecular complexity index is 1550. The molecular weight excluding hydrogens is 495 g/mol. The average molecular weight is 522 g/mol. The van der Waals surface area contributed by atoms with Crippen molar-refractivity contribution in [2.45, 2.75) is 44.9 Å². The summed E-state index contributed by atoms with van der Waals surface area (Å²) in [6.45, 7) is 3.41. The molecule has 5 heterocycles. The summed E-state index contributed by atoms with van der Waals surface area (Å²) in [5.41, 5.74) is 6.31. The number of hydrogen-bond acceptors (Lipinski definition) is 4. The first-order chi connectivity index (χ1) is 18.2. The Hall–Kier alpha value is -4.08. The van der Waals surface area contributed by atoms with Crippen LogP contribution in [0.25, 0.3) is 22.2 Å². The summed E-state index contributed by atoms with van der Waals surface area (Å²) >= 11 is 0. The number of aromatic amines is 1. The van der Waals surface area contributed by atoms with Crippen molar-refractivity contribution >= 4 is 22.8 Å². The van der Waals surface area contributed by atoms with E-state index in [4.69, 9.17) is 0 Å². The van der Waals surface area contributed by atoms with Gasteiger partial charge in [0.1, 0.15) is 11.3 Å². The Balaban J connectivity index is 1.45. The van der Waals surface area contributed by atoms with E-state index >= 15 is 0 Å². The molecule has 2 N–H and O–H groups in total. The summed E-state index contributed by atoms with van der Waals surface area (Å²) in [5, 5.41) is 10.9. The lowest BCUT2D eigenvalue weighted by molar-refractivity contribution is -0.141. The molecule has 10 heteroatoms. The van der Waals surface area contributed by atoms with Gasteiger partial charge in [0.05, 0.1) is 6.04 Å². The van der Waals surface area contributed by atoms with Crippen LogP contribution >= 0.6 is 0 Å². The van der Waals surface area contributed by atoms with Crippen LogP contribution in [0.15, 0.2) is 48.9 Å². The van der Waals surface area contributed by atoms with Crippen LogP contribution in [-0.2, 0) is 19.1 Å². The first kappa shape index (κ1) is 24.3. The van der Waals surface area contributed by atoms with Gasteiger partial charge in [-0.2, -0.15) is 13.2 Å². The molecule has 0 aliphatic carbocycles. The molecule has 0 saturated carbocycles. The lowest BCUT2D eigenvalue weighted by atomic mass is 9.86. The standard InChI is InChI=1S/C28H26F3N5O2/c1-16-13-33-26-21(16)11-19(14-34-26)18-9-17-5-8-35(20-4-6-32-25(12-20)28(29,30)31)15-23(17)22(10-18)24-3-2-7-36(24)27(37)38/h4,6,9-14,24H,2-3,5,7-8,15H2,1H3,(H,33,34)(H,37,38). The van der Waals surface area contributed by atoms with Gasteiger partial charge < -0.3 is 19.9 Å². The molecule has 1 unspecified atom stereocenters. The molecule has 7 nitrogen and oxygen atoms in total. The van der Waals surface area contributed by atoms with Gasteiger partial charge in [-0.3, -0.25) is 4.98 Å². The van der Waals surface area contributed by atoms with E-state index < -0.39 is 18.0 Å². The van der Waals surface area contributed by atoms with Crippen LogP contribution < -0.4 is 4.90 Å². The highest BCUT2D eigenvalue weighted by Gasteiger charge is 2.35. The molecule has 38 heavy (non-hydrogen) atoms. The number of fused-ring (bicyclic) bond motifs is 2. The van der Waals surface area contributed by atoms with Crippen molar-refractivity contribution in [3.8, 4) is 11.1 Å². The molecule has 1 fully saturated rings. The number of nitrogens with one attached hydrogen (secondary N) is 1. The minimum Gasteiger partial charge on any atom is -0.465 e. The van der Waals surface area contributed by atoms with Crippen LogP contribution in [-0.4, -0.2) is 44.1 Å². The fourth-order valence-corrected chi connectivity index (χ4v) is 5.76. The van der Waals surface area contributed by atoms with Crippen molar-refractivity contribution in [1.29, 1.82) is 0 Å². The van der Waals surface area contributed by atoms with E-state index in [0.717, 1.165) is 56.9 Å². The van der Waals surface area contributed by atoms with Gasteiger partial charge in [0.2, 0.25) is 0 Å². The second-order valence-electron chi connectivity index (χ2n) is 10.00. The van der Waals surface area contributed by atoms with Crippen molar-refractivity contribution in [1.82, 2.24) is 19.9 Å². The van der Waals surface area contributed by atoms with Crippen molar-refractivity contribution in [3.05, 3.63) is 76.9 Å². The highest BCUT2D eigenvalue weighted by molar-refractivity contribution is 5.84. The molecule has 0 radical (unpaired) electrons. The smallest absolute Gasteiger partial charge is 0.433 e. The predicted molar refractivity (Wildman–Crippen MR) is 137 cm³/mol. The zero-order valence-corrected chi connectivity index (χ0v) is 20.7. The van der Waals surface area contributed by atoms with Crippen LogP contribution in [0.4, 0.5) is 23.7 Å². The van der Waals surface area contributed by atoms with E-state index in [0.29, 0.717) is 38.2 Å². The maximum absolute atomic E-state index is 13.3. The zero-order chi connectivity index (χ0) is 26.6. The summed E-state index contributed by atoms with van der Waals surface area (Å²) in [4.78, 5) is 26.7. The average Bonchev–Trinajstić information content (AvgIpc) is 3.54. The van der Waals surface area contributed by atoms with Gasteiger partial charge in [-0.05, 0) is 78.3 Å². The molecule has 3 aromatic heterocycles.